The highest BCUT2D eigenvalue weighted by Crippen LogP contribution is 2.27. The fraction of sp³-hybridized carbons (Fsp3) is 0.333. The summed E-state index contributed by atoms with van der Waals surface area (Å²) in [6.45, 7) is 0.856. The Morgan fingerprint density at radius 1 is 1.20 bits per heavy atom. The molecule has 0 bridgehead atoms. The first-order valence-corrected chi connectivity index (χ1v) is 4.85. The summed E-state index contributed by atoms with van der Waals surface area (Å²) in [5.41, 5.74) is 1.10. The summed E-state index contributed by atoms with van der Waals surface area (Å²) in [4.78, 5) is 0. The molecule has 0 spiro atoms. The van der Waals surface area contributed by atoms with Crippen molar-refractivity contribution >= 4 is 6.08 Å². The molecule has 0 fully saturated rings. The number of hydrogen-bond donors (Lipinski definition) is 1. The molecule has 1 N–H and O–H groups in total. The molecule has 82 valence electrons. The minimum Gasteiger partial charge on any atom is -0.493 e. The quantitative estimate of drug-likeness (QED) is 0.800. The van der Waals surface area contributed by atoms with Gasteiger partial charge in [0.1, 0.15) is 0 Å². The molecule has 1 aromatic carbocycles. The van der Waals surface area contributed by atoms with Crippen molar-refractivity contribution in [3.05, 3.63) is 29.8 Å². The second kappa shape index (κ2) is 6.09. The average Bonchev–Trinajstić information content (AvgIpc) is 2.29. The van der Waals surface area contributed by atoms with Crippen LogP contribution in [0.2, 0.25) is 0 Å². The van der Waals surface area contributed by atoms with E-state index in [0.29, 0.717) is 0 Å². The topological polar surface area (TPSA) is 30.5 Å². The van der Waals surface area contributed by atoms with Crippen molar-refractivity contribution in [1.82, 2.24) is 5.32 Å². The first-order chi connectivity index (χ1) is 7.31. The van der Waals surface area contributed by atoms with Crippen LogP contribution in [0.3, 0.4) is 0 Å². The predicted octanol–water partition coefficient (Wildman–Crippen LogP) is 1.94. The Kier molecular flexibility index (Phi) is 4.71. The van der Waals surface area contributed by atoms with Crippen LogP contribution in [0.25, 0.3) is 6.08 Å². The van der Waals surface area contributed by atoms with E-state index < -0.39 is 0 Å². The molecule has 0 unspecified atom stereocenters. The van der Waals surface area contributed by atoms with Crippen molar-refractivity contribution < 1.29 is 9.47 Å². The third kappa shape index (κ3) is 3.29. The average molecular weight is 207 g/mol. The molecule has 1 rings (SSSR count). The van der Waals surface area contributed by atoms with E-state index in [4.69, 9.17) is 9.47 Å². The maximum Gasteiger partial charge on any atom is 0.161 e. The molecular weight excluding hydrogens is 190 g/mol. The van der Waals surface area contributed by atoms with Crippen LogP contribution < -0.4 is 14.8 Å². The van der Waals surface area contributed by atoms with E-state index in [-0.39, 0.29) is 0 Å². The Morgan fingerprint density at radius 3 is 2.53 bits per heavy atom. The highest BCUT2D eigenvalue weighted by Gasteiger charge is 2.01. The van der Waals surface area contributed by atoms with E-state index in [1.54, 1.807) is 14.2 Å². The van der Waals surface area contributed by atoms with E-state index in [2.05, 4.69) is 11.4 Å². The zero-order valence-electron chi connectivity index (χ0n) is 9.41. The zero-order chi connectivity index (χ0) is 11.1. The highest BCUT2D eigenvalue weighted by molar-refractivity contribution is 5.55. The van der Waals surface area contributed by atoms with Crippen LogP contribution in [-0.4, -0.2) is 27.8 Å². The second-order valence-electron chi connectivity index (χ2n) is 3.07. The Balaban J connectivity index is 2.83. The Bertz CT molecular complexity index is 334. The van der Waals surface area contributed by atoms with Crippen molar-refractivity contribution in [1.29, 1.82) is 0 Å². The van der Waals surface area contributed by atoms with Crippen LogP contribution in [0, 0.1) is 0 Å². The van der Waals surface area contributed by atoms with Crippen LogP contribution >= 0.6 is 0 Å². The molecule has 0 aliphatic heterocycles. The van der Waals surface area contributed by atoms with Crippen molar-refractivity contribution in [2.75, 3.05) is 27.8 Å². The lowest BCUT2D eigenvalue weighted by molar-refractivity contribution is 0.355. The monoisotopic (exact) mass is 207 g/mol. The summed E-state index contributed by atoms with van der Waals surface area (Å²) >= 11 is 0. The standard InChI is InChI=1S/C12H17NO2/c1-13-8-4-5-10-6-7-11(14-2)12(9-10)15-3/h4-7,9,13H,8H2,1-3H3/b5-4+. The Hall–Kier alpha value is -1.48. The summed E-state index contributed by atoms with van der Waals surface area (Å²) < 4.78 is 10.4. The summed E-state index contributed by atoms with van der Waals surface area (Å²) in [7, 11) is 5.19. The number of nitrogens with one attached hydrogen (secondary N) is 1. The lowest BCUT2D eigenvalue weighted by atomic mass is 10.2. The second-order valence-corrected chi connectivity index (χ2v) is 3.07. The van der Waals surface area contributed by atoms with Crippen LogP contribution in [-0.2, 0) is 0 Å². The molecule has 0 amide bonds. The van der Waals surface area contributed by atoms with Gasteiger partial charge in [0.05, 0.1) is 14.2 Å². The molecule has 15 heavy (non-hydrogen) atoms. The van der Waals surface area contributed by atoms with Gasteiger partial charge in [-0.25, -0.2) is 0 Å². The number of hydrogen-bond acceptors (Lipinski definition) is 3. The van der Waals surface area contributed by atoms with Gasteiger partial charge < -0.3 is 14.8 Å². The number of methoxy groups -OCH3 is 2. The van der Waals surface area contributed by atoms with E-state index >= 15 is 0 Å². The zero-order valence-corrected chi connectivity index (χ0v) is 9.41. The third-order valence-electron chi connectivity index (χ3n) is 2.04. The molecule has 0 aromatic heterocycles. The first-order valence-electron chi connectivity index (χ1n) is 4.85. The van der Waals surface area contributed by atoms with Gasteiger partial charge in [0.2, 0.25) is 0 Å². The molecule has 0 aliphatic rings. The van der Waals surface area contributed by atoms with Crippen LogP contribution in [0.5, 0.6) is 11.5 Å². The van der Waals surface area contributed by atoms with Gasteiger partial charge in [0.25, 0.3) is 0 Å². The summed E-state index contributed by atoms with van der Waals surface area (Å²) in [5.74, 6) is 1.51. The highest BCUT2D eigenvalue weighted by atomic mass is 16.5. The molecule has 1 aromatic rings. The van der Waals surface area contributed by atoms with Gasteiger partial charge in [-0.15, -0.1) is 0 Å². The lowest BCUT2D eigenvalue weighted by Gasteiger charge is -2.07. The first kappa shape index (κ1) is 11.6. The molecule has 0 atom stereocenters. The van der Waals surface area contributed by atoms with Gasteiger partial charge in [-0.2, -0.15) is 0 Å². The Morgan fingerprint density at radius 2 is 1.93 bits per heavy atom. The molecule has 0 heterocycles. The smallest absolute Gasteiger partial charge is 0.161 e. The molecule has 3 nitrogen and oxygen atoms in total. The lowest BCUT2D eigenvalue weighted by Crippen LogP contribution is -2.03. The van der Waals surface area contributed by atoms with E-state index in [0.717, 1.165) is 23.6 Å². The molecule has 0 saturated carbocycles. The maximum atomic E-state index is 5.21. The van der Waals surface area contributed by atoms with Crippen LogP contribution in [0.15, 0.2) is 24.3 Å². The fourth-order valence-corrected chi connectivity index (χ4v) is 1.27. The van der Waals surface area contributed by atoms with Crippen LogP contribution in [0.1, 0.15) is 5.56 Å². The van der Waals surface area contributed by atoms with Crippen molar-refractivity contribution in [2.45, 2.75) is 0 Å². The van der Waals surface area contributed by atoms with Crippen molar-refractivity contribution in [3.63, 3.8) is 0 Å². The van der Waals surface area contributed by atoms with Gasteiger partial charge in [-0.1, -0.05) is 18.2 Å². The maximum absolute atomic E-state index is 5.21. The predicted molar refractivity (Wildman–Crippen MR) is 62.5 cm³/mol. The molecule has 0 saturated heterocycles. The summed E-state index contributed by atoms with van der Waals surface area (Å²) in [6, 6.07) is 5.84. The van der Waals surface area contributed by atoms with Crippen molar-refractivity contribution in [2.24, 2.45) is 0 Å². The van der Waals surface area contributed by atoms with E-state index in [1.807, 2.05) is 31.3 Å². The number of likely N-dealkylation sites (N-methyl/N-ethyl adjacent to an activating group) is 1. The Labute approximate surface area is 90.7 Å². The minimum atomic E-state index is 0.753. The molecular formula is C12H17NO2. The van der Waals surface area contributed by atoms with Gasteiger partial charge in [-0.05, 0) is 24.7 Å². The molecule has 0 radical (unpaired) electrons. The van der Waals surface area contributed by atoms with Gasteiger partial charge in [-0.3, -0.25) is 0 Å². The van der Waals surface area contributed by atoms with E-state index in [1.165, 1.54) is 0 Å². The van der Waals surface area contributed by atoms with Crippen LogP contribution in [0.4, 0.5) is 0 Å². The number of rotatable bonds is 5. The molecule has 0 aliphatic carbocycles. The SMILES string of the molecule is CNC/C=C/c1ccc(OC)c(OC)c1. The normalized spacial score (nSPS) is 10.6. The van der Waals surface area contributed by atoms with Crippen molar-refractivity contribution in [3.8, 4) is 11.5 Å². The third-order valence-corrected chi connectivity index (χ3v) is 2.04. The van der Waals surface area contributed by atoms with Gasteiger partial charge in [0, 0.05) is 6.54 Å². The summed E-state index contributed by atoms with van der Waals surface area (Å²) in [6.07, 6.45) is 4.10. The van der Waals surface area contributed by atoms with Gasteiger partial charge in [0.15, 0.2) is 11.5 Å². The van der Waals surface area contributed by atoms with E-state index in [9.17, 15) is 0 Å². The fourth-order valence-electron chi connectivity index (χ4n) is 1.27. The number of benzene rings is 1. The minimum absolute atomic E-state index is 0.753. The summed E-state index contributed by atoms with van der Waals surface area (Å²) in [5, 5.41) is 3.05. The van der Waals surface area contributed by atoms with Gasteiger partial charge >= 0.3 is 0 Å². The number of ether oxygens (including phenoxy) is 2. The largest absolute Gasteiger partial charge is 0.493 e. The molecule has 3 heteroatoms.